The summed E-state index contributed by atoms with van der Waals surface area (Å²) in [6, 6.07) is 10.8. The first-order valence-electron chi connectivity index (χ1n) is 6.63. The van der Waals surface area contributed by atoms with Crippen molar-refractivity contribution >= 4 is 29.0 Å². The molecule has 0 fully saturated rings. The van der Waals surface area contributed by atoms with Gasteiger partial charge in [0.2, 0.25) is 0 Å². The molecule has 0 saturated carbocycles. The van der Waals surface area contributed by atoms with Gasteiger partial charge in [0.05, 0.1) is 12.6 Å². The van der Waals surface area contributed by atoms with Crippen LogP contribution in [-0.4, -0.2) is 17.7 Å². The average Bonchev–Trinajstić information content (AvgIpc) is 2.98. The summed E-state index contributed by atoms with van der Waals surface area (Å²) in [7, 11) is 0. The van der Waals surface area contributed by atoms with Crippen molar-refractivity contribution in [1.82, 2.24) is 10.6 Å². The minimum atomic E-state index is -0.638. The molecule has 4 nitrogen and oxygen atoms in total. The Morgan fingerprint density at radius 2 is 2.14 bits per heavy atom. The number of amides is 2. The van der Waals surface area contributed by atoms with Crippen molar-refractivity contribution in [2.45, 2.75) is 19.1 Å². The van der Waals surface area contributed by atoms with Gasteiger partial charge in [-0.2, -0.15) is 0 Å². The number of carbonyl (C=O) groups is 1. The summed E-state index contributed by atoms with van der Waals surface area (Å²) in [4.78, 5) is 12.7. The first kappa shape index (κ1) is 15.8. The predicted octanol–water partition coefficient (Wildman–Crippen LogP) is 3.32. The highest BCUT2D eigenvalue weighted by Gasteiger charge is 2.08. The summed E-state index contributed by atoms with van der Waals surface area (Å²) < 4.78 is 0. The molecule has 21 heavy (non-hydrogen) atoms. The number of aliphatic hydroxyl groups is 1. The Hall–Kier alpha value is -1.56. The molecule has 0 aliphatic rings. The molecule has 0 radical (unpaired) electrons. The fourth-order valence-electron chi connectivity index (χ4n) is 1.85. The van der Waals surface area contributed by atoms with Crippen molar-refractivity contribution in [3.8, 4) is 0 Å². The van der Waals surface area contributed by atoms with Crippen LogP contribution in [0.2, 0.25) is 5.02 Å². The molecule has 1 heterocycles. The molecular formula is C15H17ClN2O2S. The maximum absolute atomic E-state index is 11.6. The second-order valence-corrected chi connectivity index (χ2v) is 6.02. The van der Waals surface area contributed by atoms with Gasteiger partial charge in [-0.05, 0) is 35.6 Å². The molecule has 2 amide bonds. The van der Waals surface area contributed by atoms with Gasteiger partial charge >= 0.3 is 6.03 Å². The number of thiophene rings is 1. The average molecular weight is 325 g/mol. The van der Waals surface area contributed by atoms with Crippen molar-refractivity contribution in [2.75, 3.05) is 6.54 Å². The third-order valence-electron chi connectivity index (χ3n) is 2.94. The number of nitrogens with one attached hydrogen (secondary N) is 2. The van der Waals surface area contributed by atoms with E-state index in [-0.39, 0.29) is 6.03 Å². The fraction of sp³-hybridized carbons (Fsp3) is 0.267. The Balaban J connectivity index is 1.67. The number of carbonyl (C=O) groups excluding carboxylic acids is 1. The minimum absolute atomic E-state index is 0.235. The molecule has 1 aromatic heterocycles. The monoisotopic (exact) mass is 324 g/mol. The summed E-state index contributed by atoms with van der Waals surface area (Å²) in [6.45, 7) is 0.907. The van der Waals surface area contributed by atoms with Crippen LogP contribution in [-0.2, 0) is 6.54 Å². The number of urea groups is 1. The lowest BCUT2D eigenvalue weighted by Crippen LogP contribution is -2.35. The number of halogens is 1. The SMILES string of the molecule is O=C(NCC[C@@H](O)c1cccc(Cl)c1)NCc1cccs1. The highest BCUT2D eigenvalue weighted by Crippen LogP contribution is 2.19. The van der Waals surface area contributed by atoms with Gasteiger partial charge in [-0.25, -0.2) is 4.79 Å². The van der Waals surface area contributed by atoms with Gasteiger partial charge in [0.25, 0.3) is 0 Å². The van der Waals surface area contributed by atoms with Crippen molar-refractivity contribution in [1.29, 1.82) is 0 Å². The first-order valence-corrected chi connectivity index (χ1v) is 7.88. The summed E-state index contributed by atoms with van der Waals surface area (Å²) in [5, 5.41) is 18.1. The molecular weight excluding hydrogens is 308 g/mol. The Bertz CT molecular complexity index is 575. The summed E-state index contributed by atoms with van der Waals surface area (Å²) in [5.41, 5.74) is 0.753. The van der Waals surface area contributed by atoms with Gasteiger partial charge in [0, 0.05) is 16.4 Å². The van der Waals surface area contributed by atoms with Crippen LogP contribution in [0.25, 0.3) is 0 Å². The maximum atomic E-state index is 11.6. The topological polar surface area (TPSA) is 61.4 Å². The maximum Gasteiger partial charge on any atom is 0.315 e. The van der Waals surface area contributed by atoms with Crippen molar-refractivity contribution in [3.05, 3.63) is 57.2 Å². The number of benzene rings is 1. The van der Waals surface area contributed by atoms with Gasteiger partial charge in [-0.3, -0.25) is 0 Å². The molecule has 6 heteroatoms. The van der Waals surface area contributed by atoms with E-state index in [1.165, 1.54) is 0 Å². The van der Waals surface area contributed by atoms with Crippen LogP contribution in [0, 0.1) is 0 Å². The summed E-state index contributed by atoms with van der Waals surface area (Å²) in [6.07, 6.45) is -0.200. The van der Waals surface area contributed by atoms with E-state index in [9.17, 15) is 9.90 Å². The molecule has 0 aliphatic heterocycles. The molecule has 0 saturated heterocycles. The van der Waals surface area contributed by atoms with E-state index in [4.69, 9.17) is 11.6 Å². The molecule has 0 spiro atoms. The van der Waals surface area contributed by atoms with Gasteiger partial charge in [-0.1, -0.05) is 29.8 Å². The van der Waals surface area contributed by atoms with E-state index in [0.717, 1.165) is 10.4 Å². The van der Waals surface area contributed by atoms with Crippen LogP contribution in [0.4, 0.5) is 4.79 Å². The van der Waals surface area contributed by atoms with Gasteiger partial charge in [0.1, 0.15) is 0 Å². The molecule has 0 unspecified atom stereocenters. The fourth-order valence-corrected chi connectivity index (χ4v) is 2.69. The second kappa shape index (κ2) is 8.02. The standard InChI is InChI=1S/C15H17ClN2O2S/c16-12-4-1-3-11(9-12)14(19)6-7-17-15(20)18-10-13-5-2-8-21-13/h1-5,8-9,14,19H,6-7,10H2,(H2,17,18,20)/t14-/m1/s1. The Morgan fingerprint density at radius 1 is 1.29 bits per heavy atom. The largest absolute Gasteiger partial charge is 0.388 e. The van der Waals surface area contributed by atoms with Gasteiger partial charge < -0.3 is 15.7 Å². The van der Waals surface area contributed by atoms with E-state index in [1.807, 2.05) is 23.6 Å². The smallest absolute Gasteiger partial charge is 0.315 e. The van der Waals surface area contributed by atoms with Crippen LogP contribution in [0.5, 0.6) is 0 Å². The number of hydrogen-bond donors (Lipinski definition) is 3. The zero-order chi connectivity index (χ0) is 15.1. The highest BCUT2D eigenvalue weighted by atomic mass is 35.5. The number of rotatable bonds is 6. The summed E-state index contributed by atoms with van der Waals surface area (Å²) in [5.74, 6) is 0. The van der Waals surface area contributed by atoms with Crippen LogP contribution < -0.4 is 10.6 Å². The van der Waals surface area contributed by atoms with E-state index < -0.39 is 6.10 Å². The van der Waals surface area contributed by atoms with Crippen molar-refractivity contribution in [3.63, 3.8) is 0 Å². The highest BCUT2D eigenvalue weighted by molar-refractivity contribution is 7.09. The zero-order valence-corrected chi connectivity index (χ0v) is 13.0. The number of hydrogen-bond acceptors (Lipinski definition) is 3. The lowest BCUT2D eigenvalue weighted by Gasteiger charge is -2.12. The molecule has 0 bridgehead atoms. The normalized spacial score (nSPS) is 11.9. The first-order chi connectivity index (χ1) is 10.1. The van der Waals surface area contributed by atoms with E-state index >= 15 is 0 Å². The van der Waals surface area contributed by atoms with E-state index in [1.54, 1.807) is 29.5 Å². The minimum Gasteiger partial charge on any atom is -0.388 e. The third-order valence-corrected chi connectivity index (χ3v) is 4.05. The van der Waals surface area contributed by atoms with E-state index in [2.05, 4.69) is 10.6 Å². The molecule has 3 N–H and O–H groups in total. The van der Waals surface area contributed by atoms with Crippen LogP contribution >= 0.6 is 22.9 Å². The molecule has 2 aromatic rings. The zero-order valence-electron chi connectivity index (χ0n) is 11.4. The van der Waals surface area contributed by atoms with Crippen LogP contribution in [0.15, 0.2) is 41.8 Å². The third kappa shape index (κ3) is 5.38. The Labute approximate surface area is 132 Å². The van der Waals surface area contributed by atoms with E-state index in [0.29, 0.717) is 24.5 Å². The lowest BCUT2D eigenvalue weighted by molar-refractivity contribution is 0.167. The summed E-state index contributed by atoms with van der Waals surface area (Å²) >= 11 is 7.47. The second-order valence-electron chi connectivity index (χ2n) is 4.55. The lowest BCUT2D eigenvalue weighted by atomic mass is 10.1. The molecule has 1 aromatic carbocycles. The molecule has 1 atom stereocenters. The van der Waals surface area contributed by atoms with Crippen molar-refractivity contribution < 1.29 is 9.90 Å². The van der Waals surface area contributed by atoms with Crippen LogP contribution in [0.3, 0.4) is 0 Å². The molecule has 112 valence electrons. The molecule has 0 aliphatic carbocycles. The quantitative estimate of drug-likeness (QED) is 0.763. The van der Waals surface area contributed by atoms with Gasteiger partial charge in [0.15, 0.2) is 0 Å². The predicted molar refractivity (Wildman–Crippen MR) is 85.6 cm³/mol. The van der Waals surface area contributed by atoms with Gasteiger partial charge in [-0.15, -0.1) is 11.3 Å². The molecule has 2 rings (SSSR count). The number of aliphatic hydroxyl groups excluding tert-OH is 1. The Kier molecular flexibility index (Phi) is 6.04. The van der Waals surface area contributed by atoms with Crippen LogP contribution in [0.1, 0.15) is 23.0 Å². The van der Waals surface area contributed by atoms with Crippen molar-refractivity contribution in [2.24, 2.45) is 0 Å². The Morgan fingerprint density at radius 3 is 2.86 bits per heavy atom.